The summed E-state index contributed by atoms with van der Waals surface area (Å²) in [4.78, 5) is 12.5. The minimum absolute atomic E-state index is 0.0651. The van der Waals surface area contributed by atoms with E-state index in [-0.39, 0.29) is 5.91 Å². The van der Waals surface area contributed by atoms with E-state index in [2.05, 4.69) is 10.5 Å². The summed E-state index contributed by atoms with van der Waals surface area (Å²) in [6, 6.07) is 15.3. The molecule has 0 saturated carbocycles. The number of aromatic nitrogens is 1. The molecule has 0 aliphatic carbocycles. The van der Waals surface area contributed by atoms with Gasteiger partial charge in [0.05, 0.1) is 5.39 Å². The number of hydrogen-bond acceptors (Lipinski definition) is 5. The Bertz CT molecular complexity index is 904. The monoisotopic (exact) mass is 382 g/mol. The van der Waals surface area contributed by atoms with E-state index < -0.39 is 0 Å². The van der Waals surface area contributed by atoms with Gasteiger partial charge in [-0.05, 0) is 31.0 Å². The van der Waals surface area contributed by atoms with E-state index in [4.69, 9.17) is 9.26 Å². The summed E-state index contributed by atoms with van der Waals surface area (Å²) in [7, 11) is 0. The van der Waals surface area contributed by atoms with Crippen LogP contribution in [-0.4, -0.2) is 41.8 Å². The Morgan fingerprint density at radius 2 is 1.96 bits per heavy atom. The lowest BCUT2D eigenvalue weighted by Gasteiger charge is -2.21. The van der Waals surface area contributed by atoms with Crippen molar-refractivity contribution >= 4 is 28.6 Å². The summed E-state index contributed by atoms with van der Waals surface area (Å²) in [5, 5.41) is 8.62. The van der Waals surface area contributed by atoms with E-state index in [0.29, 0.717) is 23.1 Å². The molecule has 140 valence electrons. The highest BCUT2D eigenvalue weighted by Crippen LogP contribution is 2.29. The van der Waals surface area contributed by atoms with Crippen molar-refractivity contribution in [1.29, 1.82) is 0 Å². The average Bonchev–Trinajstić information content (AvgIpc) is 3.16. The van der Waals surface area contributed by atoms with Gasteiger partial charge in [-0.3, -0.25) is 4.79 Å². The van der Waals surface area contributed by atoms with Crippen LogP contribution < -0.4 is 5.32 Å². The van der Waals surface area contributed by atoms with Gasteiger partial charge >= 0.3 is 0 Å². The molecule has 1 fully saturated rings. The van der Waals surface area contributed by atoms with Crippen molar-refractivity contribution in [2.24, 2.45) is 0 Å². The second kappa shape index (κ2) is 8.59. The summed E-state index contributed by atoms with van der Waals surface area (Å²) in [6.07, 6.45) is 2.20. The van der Waals surface area contributed by atoms with Crippen LogP contribution in [0.5, 0.6) is 0 Å². The lowest BCUT2D eigenvalue weighted by Crippen LogP contribution is -2.27. The third-order valence-electron chi connectivity index (χ3n) is 4.68. The van der Waals surface area contributed by atoms with Crippen LogP contribution >= 0.6 is 11.8 Å². The Labute approximate surface area is 162 Å². The van der Waals surface area contributed by atoms with Crippen LogP contribution in [0, 0.1) is 0 Å². The molecule has 1 aliphatic rings. The number of benzene rings is 2. The van der Waals surface area contributed by atoms with Crippen LogP contribution in [0.2, 0.25) is 0 Å². The predicted octanol–water partition coefficient (Wildman–Crippen LogP) is 4.14. The lowest BCUT2D eigenvalue weighted by molar-refractivity contribution is 0.0955. The maximum Gasteiger partial charge on any atom is 0.251 e. The number of carbonyl (C=O) groups is 1. The van der Waals surface area contributed by atoms with Crippen molar-refractivity contribution in [3.8, 4) is 11.3 Å². The number of ether oxygens (including phenoxy) is 1. The number of nitrogens with one attached hydrogen (secondary N) is 1. The Morgan fingerprint density at radius 3 is 2.78 bits per heavy atom. The molecule has 2 aromatic carbocycles. The molecule has 1 aliphatic heterocycles. The van der Waals surface area contributed by atoms with Gasteiger partial charge in [0.1, 0.15) is 5.52 Å². The van der Waals surface area contributed by atoms with Gasteiger partial charge in [0.2, 0.25) is 0 Å². The van der Waals surface area contributed by atoms with Gasteiger partial charge in [0.15, 0.2) is 5.76 Å². The molecule has 1 saturated heterocycles. The third kappa shape index (κ3) is 4.34. The summed E-state index contributed by atoms with van der Waals surface area (Å²) in [5.74, 6) is 1.54. The van der Waals surface area contributed by atoms with Gasteiger partial charge in [-0.15, -0.1) is 0 Å². The van der Waals surface area contributed by atoms with Gasteiger partial charge < -0.3 is 14.6 Å². The van der Waals surface area contributed by atoms with Crippen molar-refractivity contribution in [2.75, 3.05) is 25.5 Å². The number of thioether (sulfide) groups is 1. The fraction of sp³-hybridized carbons (Fsp3) is 0.333. The topological polar surface area (TPSA) is 64.4 Å². The fourth-order valence-corrected chi connectivity index (χ4v) is 4.29. The molecular weight excluding hydrogens is 360 g/mol. The van der Waals surface area contributed by atoms with Crippen LogP contribution in [0.3, 0.4) is 0 Å². The molecule has 0 spiro atoms. The first-order chi connectivity index (χ1) is 13.3. The summed E-state index contributed by atoms with van der Waals surface area (Å²) >= 11 is 1.92. The molecule has 27 heavy (non-hydrogen) atoms. The molecule has 1 aromatic heterocycles. The van der Waals surface area contributed by atoms with Crippen LogP contribution in [0.1, 0.15) is 23.2 Å². The van der Waals surface area contributed by atoms with E-state index in [0.717, 1.165) is 48.3 Å². The van der Waals surface area contributed by atoms with Crippen LogP contribution in [0.25, 0.3) is 22.2 Å². The van der Waals surface area contributed by atoms with Crippen molar-refractivity contribution in [2.45, 2.75) is 18.1 Å². The highest BCUT2D eigenvalue weighted by Gasteiger charge is 2.15. The molecule has 4 rings (SSSR count). The van der Waals surface area contributed by atoms with Crippen LogP contribution in [0.4, 0.5) is 0 Å². The smallest absolute Gasteiger partial charge is 0.251 e. The van der Waals surface area contributed by atoms with E-state index in [1.165, 1.54) is 0 Å². The van der Waals surface area contributed by atoms with Crippen molar-refractivity contribution in [3.63, 3.8) is 0 Å². The van der Waals surface area contributed by atoms with Crippen molar-refractivity contribution < 1.29 is 14.1 Å². The Morgan fingerprint density at radius 1 is 1.15 bits per heavy atom. The molecule has 0 radical (unpaired) electrons. The van der Waals surface area contributed by atoms with Crippen LogP contribution in [-0.2, 0) is 4.74 Å². The standard InChI is InChI=1S/C21H22N2O3S/c24-21(22-10-13-27-17-8-11-25-12-9-17)16-6-7-19-18(14-16)20(26-23-19)15-4-2-1-3-5-15/h1-7,14,17H,8-13H2,(H,22,24). The molecule has 1 amide bonds. The molecular formula is C21H22N2O3S. The largest absolute Gasteiger partial charge is 0.381 e. The van der Waals surface area contributed by atoms with E-state index in [1.54, 1.807) is 6.07 Å². The molecule has 5 nitrogen and oxygen atoms in total. The zero-order chi connectivity index (χ0) is 18.5. The lowest BCUT2D eigenvalue weighted by atomic mass is 10.1. The van der Waals surface area contributed by atoms with E-state index >= 15 is 0 Å². The van der Waals surface area contributed by atoms with Crippen LogP contribution in [0.15, 0.2) is 53.1 Å². The molecule has 2 heterocycles. The first-order valence-corrected chi connectivity index (χ1v) is 10.3. The zero-order valence-electron chi connectivity index (χ0n) is 15.0. The number of amides is 1. The molecule has 1 N–H and O–H groups in total. The Hall–Kier alpha value is -2.31. The quantitative estimate of drug-likeness (QED) is 0.649. The van der Waals surface area contributed by atoms with Gasteiger partial charge in [-0.2, -0.15) is 11.8 Å². The second-order valence-electron chi connectivity index (χ2n) is 6.55. The average molecular weight is 382 g/mol. The van der Waals surface area contributed by atoms with E-state index in [1.807, 2.05) is 54.2 Å². The first-order valence-electron chi connectivity index (χ1n) is 9.23. The molecule has 0 bridgehead atoms. The highest BCUT2D eigenvalue weighted by molar-refractivity contribution is 7.99. The molecule has 3 aromatic rings. The van der Waals surface area contributed by atoms with Gasteiger partial charge in [-0.1, -0.05) is 35.5 Å². The summed E-state index contributed by atoms with van der Waals surface area (Å²) in [6.45, 7) is 2.37. The Balaban J connectivity index is 1.40. The zero-order valence-corrected chi connectivity index (χ0v) is 15.8. The molecule has 6 heteroatoms. The van der Waals surface area contributed by atoms with Gasteiger partial charge in [-0.25, -0.2) is 0 Å². The second-order valence-corrected chi connectivity index (χ2v) is 7.96. The molecule has 0 unspecified atom stereocenters. The maximum absolute atomic E-state index is 12.5. The first kappa shape index (κ1) is 18.1. The summed E-state index contributed by atoms with van der Waals surface area (Å²) < 4.78 is 10.9. The minimum Gasteiger partial charge on any atom is -0.381 e. The number of fused-ring (bicyclic) bond motifs is 1. The predicted molar refractivity (Wildman–Crippen MR) is 108 cm³/mol. The van der Waals surface area contributed by atoms with Gasteiger partial charge in [0.25, 0.3) is 5.91 Å². The normalized spacial score (nSPS) is 15.1. The highest BCUT2D eigenvalue weighted by atomic mass is 32.2. The number of rotatable bonds is 6. The number of nitrogens with zero attached hydrogens (tertiary/aromatic N) is 1. The molecule has 0 atom stereocenters. The van der Waals surface area contributed by atoms with Crippen molar-refractivity contribution in [1.82, 2.24) is 10.5 Å². The number of hydrogen-bond donors (Lipinski definition) is 1. The summed E-state index contributed by atoms with van der Waals surface area (Å²) in [5.41, 5.74) is 2.32. The fourth-order valence-electron chi connectivity index (χ4n) is 3.22. The minimum atomic E-state index is -0.0651. The SMILES string of the molecule is O=C(NCCSC1CCOCC1)c1ccc2noc(-c3ccccc3)c2c1. The van der Waals surface area contributed by atoms with Gasteiger partial charge in [0, 0.05) is 41.9 Å². The number of carbonyl (C=O) groups excluding carboxylic acids is 1. The van der Waals surface area contributed by atoms with Crippen molar-refractivity contribution in [3.05, 3.63) is 54.1 Å². The maximum atomic E-state index is 12.5. The Kier molecular flexibility index (Phi) is 5.75. The van der Waals surface area contributed by atoms with E-state index in [9.17, 15) is 4.79 Å². The third-order valence-corrected chi connectivity index (χ3v) is 6.07.